The van der Waals surface area contributed by atoms with Gasteiger partial charge in [0.1, 0.15) is 0 Å². The van der Waals surface area contributed by atoms with Gasteiger partial charge < -0.3 is 14.8 Å². The molecule has 1 saturated heterocycles. The zero-order valence-electron chi connectivity index (χ0n) is 13.2. The third-order valence-electron chi connectivity index (χ3n) is 4.35. The highest BCUT2D eigenvalue weighted by molar-refractivity contribution is 5.78. The lowest BCUT2D eigenvalue weighted by Crippen LogP contribution is -2.42. The number of rotatable bonds is 6. The molecule has 5 nitrogen and oxygen atoms in total. The van der Waals surface area contributed by atoms with Gasteiger partial charge in [-0.3, -0.25) is 4.79 Å². The van der Waals surface area contributed by atoms with Crippen molar-refractivity contribution < 1.29 is 4.79 Å². The number of carbonyl (C=O) groups is 1. The number of amides is 1. The average molecular weight is 300 g/mol. The summed E-state index contributed by atoms with van der Waals surface area (Å²) in [6, 6.07) is 8.42. The quantitative estimate of drug-likeness (QED) is 0.888. The maximum atomic E-state index is 12.6. The summed E-state index contributed by atoms with van der Waals surface area (Å²) < 4.78 is 2.07. The molecule has 3 rings (SSSR count). The molecule has 118 valence electrons. The first-order valence-corrected chi connectivity index (χ1v) is 8.19. The highest BCUT2D eigenvalue weighted by atomic mass is 16.2. The minimum absolute atomic E-state index is 0.258. The van der Waals surface area contributed by atoms with Crippen LogP contribution in [0.4, 0.5) is 0 Å². The number of nitrogens with zero attached hydrogens (tertiary/aromatic N) is 3. The van der Waals surface area contributed by atoms with Crippen molar-refractivity contribution in [3.05, 3.63) is 30.6 Å². The summed E-state index contributed by atoms with van der Waals surface area (Å²) in [7, 11) is 0. The van der Waals surface area contributed by atoms with Crippen molar-refractivity contribution in [1.29, 1.82) is 0 Å². The smallest absolute Gasteiger partial charge is 0.224 e. The van der Waals surface area contributed by atoms with Crippen molar-refractivity contribution in [2.45, 2.75) is 38.8 Å². The molecular formula is C17H24N4O. The molecule has 0 saturated carbocycles. The Morgan fingerprint density at radius 2 is 2.32 bits per heavy atom. The monoisotopic (exact) mass is 300 g/mol. The third-order valence-corrected chi connectivity index (χ3v) is 4.35. The Hall–Kier alpha value is -1.88. The molecular weight excluding hydrogens is 276 g/mol. The average Bonchev–Trinajstić information content (AvgIpc) is 3.20. The van der Waals surface area contributed by atoms with E-state index < -0.39 is 0 Å². The molecule has 1 unspecified atom stereocenters. The number of aryl methyl sites for hydroxylation is 1. The number of fused-ring (bicyclic) bond motifs is 1. The van der Waals surface area contributed by atoms with Gasteiger partial charge >= 0.3 is 0 Å². The van der Waals surface area contributed by atoms with Crippen molar-refractivity contribution >= 4 is 16.9 Å². The minimum Gasteiger partial charge on any atom is -0.338 e. The van der Waals surface area contributed by atoms with E-state index in [0.29, 0.717) is 19.0 Å². The van der Waals surface area contributed by atoms with E-state index in [1.165, 1.54) is 0 Å². The molecule has 0 bridgehead atoms. The molecule has 1 amide bonds. The van der Waals surface area contributed by atoms with Gasteiger partial charge in [0.05, 0.1) is 17.4 Å². The number of para-hydroxylation sites is 2. The fourth-order valence-corrected chi connectivity index (χ4v) is 3.21. The molecule has 1 aromatic carbocycles. The number of hydrogen-bond donors (Lipinski definition) is 1. The van der Waals surface area contributed by atoms with E-state index in [2.05, 4.69) is 32.8 Å². The summed E-state index contributed by atoms with van der Waals surface area (Å²) in [5.41, 5.74) is 2.08. The second-order valence-electron chi connectivity index (χ2n) is 5.91. The zero-order valence-corrected chi connectivity index (χ0v) is 13.2. The molecule has 0 spiro atoms. The highest BCUT2D eigenvalue weighted by Crippen LogP contribution is 2.14. The highest BCUT2D eigenvalue weighted by Gasteiger charge is 2.25. The van der Waals surface area contributed by atoms with Gasteiger partial charge in [0.15, 0.2) is 0 Å². The molecule has 2 aromatic rings. The largest absolute Gasteiger partial charge is 0.338 e. The van der Waals surface area contributed by atoms with E-state index in [0.717, 1.165) is 43.5 Å². The minimum atomic E-state index is 0.258. The fraction of sp³-hybridized carbons (Fsp3) is 0.529. The molecule has 1 aromatic heterocycles. The van der Waals surface area contributed by atoms with Crippen LogP contribution in [0.1, 0.15) is 26.2 Å². The van der Waals surface area contributed by atoms with E-state index >= 15 is 0 Å². The van der Waals surface area contributed by atoms with Gasteiger partial charge in [-0.05, 0) is 31.5 Å². The van der Waals surface area contributed by atoms with Gasteiger partial charge in [0, 0.05) is 32.1 Å². The summed E-state index contributed by atoms with van der Waals surface area (Å²) in [5.74, 6) is 0.258. The lowest BCUT2D eigenvalue weighted by atomic mass is 10.2. The lowest BCUT2D eigenvalue weighted by molar-refractivity contribution is -0.133. The number of carbonyl (C=O) groups excluding carboxylic acids is 1. The first-order valence-electron chi connectivity index (χ1n) is 8.19. The molecule has 0 aliphatic carbocycles. The molecule has 22 heavy (non-hydrogen) atoms. The Balaban J connectivity index is 1.65. The van der Waals surface area contributed by atoms with Crippen LogP contribution in [0.25, 0.3) is 11.0 Å². The van der Waals surface area contributed by atoms with Gasteiger partial charge in [0.25, 0.3) is 0 Å². The van der Waals surface area contributed by atoms with Crippen molar-refractivity contribution in [3.8, 4) is 0 Å². The molecule has 5 heteroatoms. The predicted octanol–water partition coefficient (Wildman–Crippen LogP) is 2.03. The van der Waals surface area contributed by atoms with Crippen molar-refractivity contribution in [3.63, 3.8) is 0 Å². The van der Waals surface area contributed by atoms with Crippen molar-refractivity contribution in [1.82, 2.24) is 19.8 Å². The third kappa shape index (κ3) is 3.14. The summed E-state index contributed by atoms with van der Waals surface area (Å²) in [4.78, 5) is 19.1. The second kappa shape index (κ2) is 6.92. The van der Waals surface area contributed by atoms with Crippen LogP contribution < -0.4 is 5.32 Å². The SMILES string of the molecule is CCCN(C(=O)CCn1cnc2ccccc21)C1CCNC1. The number of hydrogen-bond acceptors (Lipinski definition) is 3. The van der Waals surface area contributed by atoms with E-state index in [1.807, 2.05) is 24.5 Å². The maximum Gasteiger partial charge on any atom is 0.224 e. The second-order valence-corrected chi connectivity index (χ2v) is 5.91. The maximum absolute atomic E-state index is 12.6. The summed E-state index contributed by atoms with van der Waals surface area (Å²) in [6.07, 6.45) is 4.45. The number of imidazole rings is 1. The van der Waals surface area contributed by atoms with Gasteiger partial charge in [-0.1, -0.05) is 19.1 Å². The van der Waals surface area contributed by atoms with Gasteiger partial charge in [-0.15, -0.1) is 0 Å². The Bertz CT molecular complexity index is 630. The molecule has 1 atom stereocenters. The topological polar surface area (TPSA) is 50.2 Å². The van der Waals surface area contributed by atoms with Crippen LogP contribution in [0.2, 0.25) is 0 Å². The molecule has 1 N–H and O–H groups in total. The summed E-state index contributed by atoms with van der Waals surface area (Å²) in [6.45, 7) is 5.63. The van der Waals surface area contributed by atoms with Crippen molar-refractivity contribution in [2.24, 2.45) is 0 Å². The van der Waals surface area contributed by atoms with Gasteiger partial charge in [0.2, 0.25) is 5.91 Å². The number of aromatic nitrogens is 2. The molecule has 2 heterocycles. The van der Waals surface area contributed by atoms with Crippen LogP contribution >= 0.6 is 0 Å². The summed E-state index contributed by atoms with van der Waals surface area (Å²) in [5, 5.41) is 3.35. The van der Waals surface area contributed by atoms with Crippen molar-refractivity contribution in [2.75, 3.05) is 19.6 Å². The lowest BCUT2D eigenvalue weighted by Gasteiger charge is -2.28. The van der Waals surface area contributed by atoms with Gasteiger partial charge in [-0.2, -0.15) is 0 Å². The van der Waals surface area contributed by atoms with E-state index in [1.54, 1.807) is 0 Å². The number of benzene rings is 1. The Morgan fingerprint density at radius 3 is 3.09 bits per heavy atom. The molecule has 1 aliphatic heterocycles. The van der Waals surface area contributed by atoms with E-state index in [9.17, 15) is 4.79 Å². The van der Waals surface area contributed by atoms with Crippen LogP contribution in [0.15, 0.2) is 30.6 Å². The summed E-state index contributed by atoms with van der Waals surface area (Å²) >= 11 is 0. The van der Waals surface area contributed by atoms with E-state index in [-0.39, 0.29) is 5.91 Å². The fourth-order valence-electron chi connectivity index (χ4n) is 3.21. The normalized spacial score (nSPS) is 18.0. The van der Waals surface area contributed by atoms with Crippen LogP contribution in [-0.4, -0.2) is 46.0 Å². The van der Waals surface area contributed by atoms with Crippen LogP contribution in [0, 0.1) is 0 Å². The first kappa shape index (κ1) is 15.0. The van der Waals surface area contributed by atoms with Gasteiger partial charge in [-0.25, -0.2) is 4.98 Å². The molecule has 1 fully saturated rings. The van der Waals surface area contributed by atoms with Crippen LogP contribution in [-0.2, 0) is 11.3 Å². The Morgan fingerprint density at radius 1 is 1.45 bits per heavy atom. The molecule has 0 radical (unpaired) electrons. The first-order chi connectivity index (χ1) is 10.8. The van der Waals surface area contributed by atoms with E-state index in [4.69, 9.17) is 0 Å². The van der Waals surface area contributed by atoms with Crippen LogP contribution in [0.5, 0.6) is 0 Å². The van der Waals surface area contributed by atoms with Crippen LogP contribution in [0.3, 0.4) is 0 Å². The Kier molecular flexibility index (Phi) is 4.73. The Labute approximate surface area is 131 Å². The zero-order chi connectivity index (χ0) is 15.4. The number of nitrogens with one attached hydrogen (secondary N) is 1. The predicted molar refractivity (Wildman–Crippen MR) is 87.6 cm³/mol. The molecule has 1 aliphatic rings. The standard InChI is InChI=1S/C17H24N4O/c1-2-10-21(14-7-9-18-12-14)17(22)8-11-20-13-19-15-5-3-4-6-16(15)20/h3-6,13-14,18H,2,7-12H2,1H3.